The predicted molar refractivity (Wildman–Crippen MR) is 74.7 cm³/mol. The number of carbonyl (C=O) groups excluding carboxylic acids is 2. The van der Waals surface area contributed by atoms with Crippen molar-refractivity contribution in [2.75, 3.05) is 27.0 Å². The van der Waals surface area contributed by atoms with E-state index in [0.717, 1.165) is 0 Å². The number of rotatable bonds is 9. The number of hydrogen-bond acceptors (Lipinski definition) is 5. The summed E-state index contributed by atoms with van der Waals surface area (Å²) in [4.78, 5) is 23.2. The maximum Gasteiger partial charge on any atom is 0.306 e. The molecule has 0 bridgehead atoms. The van der Waals surface area contributed by atoms with E-state index in [2.05, 4.69) is 0 Å². The minimum atomic E-state index is -0.608. The minimum absolute atomic E-state index is 0.0368. The van der Waals surface area contributed by atoms with E-state index in [1.54, 1.807) is 19.1 Å². The van der Waals surface area contributed by atoms with Crippen molar-refractivity contribution < 1.29 is 28.2 Å². The third kappa shape index (κ3) is 5.41. The zero-order valence-electron chi connectivity index (χ0n) is 12.2. The van der Waals surface area contributed by atoms with Crippen molar-refractivity contribution >= 4 is 11.8 Å². The van der Waals surface area contributed by atoms with Gasteiger partial charge in [0.15, 0.2) is 17.3 Å². The van der Waals surface area contributed by atoms with Crippen LogP contribution in [-0.2, 0) is 9.53 Å². The molecule has 21 heavy (non-hydrogen) atoms. The average Bonchev–Trinajstić information content (AvgIpc) is 2.50. The van der Waals surface area contributed by atoms with Gasteiger partial charge >= 0.3 is 5.97 Å². The highest BCUT2D eigenvalue weighted by molar-refractivity contribution is 5.98. The summed E-state index contributed by atoms with van der Waals surface area (Å²) in [6, 6.07) is 4.62. The lowest BCUT2D eigenvalue weighted by Gasteiger charge is -2.10. The predicted octanol–water partition coefficient (Wildman–Crippen LogP) is 2.57. The number of esters is 1. The molecule has 1 aromatic carbocycles. The maximum absolute atomic E-state index is 12.1. The van der Waals surface area contributed by atoms with Crippen LogP contribution in [0.4, 0.5) is 4.39 Å². The van der Waals surface area contributed by atoms with Gasteiger partial charge in [-0.3, -0.25) is 9.59 Å². The third-order valence-corrected chi connectivity index (χ3v) is 2.68. The van der Waals surface area contributed by atoms with Crippen molar-refractivity contribution in [2.24, 2.45) is 0 Å². The summed E-state index contributed by atoms with van der Waals surface area (Å²) in [5.41, 5.74) is 0.406. The van der Waals surface area contributed by atoms with Crippen LogP contribution in [0.15, 0.2) is 18.2 Å². The first-order valence-electron chi connectivity index (χ1n) is 6.68. The molecule has 0 aliphatic carbocycles. The van der Waals surface area contributed by atoms with Gasteiger partial charge in [0.05, 0.1) is 20.1 Å². The molecule has 0 spiro atoms. The Morgan fingerprint density at radius 1 is 1.19 bits per heavy atom. The number of carbonyl (C=O) groups is 2. The number of methoxy groups -OCH3 is 1. The molecule has 0 radical (unpaired) electrons. The van der Waals surface area contributed by atoms with Crippen LogP contribution in [0.2, 0.25) is 0 Å². The summed E-state index contributed by atoms with van der Waals surface area (Å²) in [6.45, 7) is 1.32. The molecule has 0 saturated carbocycles. The molecule has 0 heterocycles. The minimum Gasteiger partial charge on any atom is -0.493 e. The highest BCUT2D eigenvalue weighted by Gasteiger charge is 2.13. The van der Waals surface area contributed by atoms with Crippen LogP contribution < -0.4 is 9.47 Å². The number of alkyl halides is 1. The Morgan fingerprint density at radius 2 is 1.95 bits per heavy atom. The van der Waals surface area contributed by atoms with Gasteiger partial charge in [0.2, 0.25) is 0 Å². The number of halogens is 1. The second-order valence-electron chi connectivity index (χ2n) is 4.13. The molecule has 0 fully saturated rings. The topological polar surface area (TPSA) is 61.8 Å². The monoisotopic (exact) mass is 298 g/mol. The molecular formula is C15H19FO5. The zero-order chi connectivity index (χ0) is 15.7. The lowest BCUT2D eigenvalue weighted by atomic mass is 10.1. The summed E-state index contributed by atoms with van der Waals surface area (Å²) >= 11 is 0. The number of ether oxygens (including phenoxy) is 3. The third-order valence-electron chi connectivity index (χ3n) is 2.68. The lowest BCUT2D eigenvalue weighted by molar-refractivity contribution is -0.143. The first-order valence-corrected chi connectivity index (χ1v) is 6.68. The molecule has 0 aliphatic rings. The van der Waals surface area contributed by atoms with Crippen LogP contribution in [-0.4, -0.2) is 38.8 Å². The molecule has 0 N–H and O–H groups in total. The lowest BCUT2D eigenvalue weighted by Crippen LogP contribution is -2.08. The fraction of sp³-hybridized carbons (Fsp3) is 0.467. The van der Waals surface area contributed by atoms with E-state index < -0.39 is 12.6 Å². The highest BCUT2D eigenvalue weighted by Crippen LogP contribution is 2.28. The smallest absolute Gasteiger partial charge is 0.306 e. The van der Waals surface area contributed by atoms with Gasteiger partial charge in [-0.2, -0.15) is 0 Å². The second-order valence-corrected chi connectivity index (χ2v) is 4.13. The van der Waals surface area contributed by atoms with Gasteiger partial charge in [-0.1, -0.05) is 0 Å². The Kier molecular flexibility index (Phi) is 7.21. The van der Waals surface area contributed by atoms with E-state index in [-0.39, 0.29) is 25.2 Å². The molecule has 0 unspecified atom stereocenters. The van der Waals surface area contributed by atoms with Crippen LogP contribution >= 0.6 is 0 Å². The maximum atomic E-state index is 12.1. The molecule has 1 aromatic rings. The summed E-state index contributed by atoms with van der Waals surface area (Å²) in [5, 5.41) is 0. The van der Waals surface area contributed by atoms with E-state index in [4.69, 9.17) is 14.2 Å². The molecule has 6 heteroatoms. The summed E-state index contributed by atoms with van der Waals surface area (Å²) in [7, 11) is 1.44. The SMILES string of the molecule is CCOC(=O)CCC(=O)c1ccc(OCCF)c(OC)c1. The Bertz CT molecular complexity index is 487. The van der Waals surface area contributed by atoms with E-state index >= 15 is 0 Å². The van der Waals surface area contributed by atoms with Gasteiger partial charge < -0.3 is 14.2 Å². The molecule has 0 saturated heterocycles. The van der Waals surface area contributed by atoms with E-state index in [1.165, 1.54) is 13.2 Å². The molecular weight excluding hydrogens is 279 g/mol. The zero-order valence-corrected chi connectivity index (χ0v) is 12.2. The first-order chi connectivity index (χ1) is 10.1. The van der Waals surface area contributed by atoms with Crippen molar-refractivity contribution in [1.82, 2.24) is 0 Å². The largest absolute Gasteiger partial charge is 0.493 e. The van der Waals surface area contributed by atoms with Crippen LogP contribution in [0.5, 0.6) is 11.5 Å². The molecule has 5 nitrogen and oxygen atoms in total. The van der Waals surface area contributed by atoms with E-state index in [1.807, 2.05) is 0 Å². The van der Waals surface area contributed by atoms with Crippen LogP contribution in [0, 0.1) is 0 Å². The quantitative estimate of drug-likeness (QED) is 0.518. The normalized spacial score (nSPS) is 10.0. The van der Waals surface area contributed by atoms with Crippen LogP contribution in [0.1, 0.15) is 30.1 Å². The highest BCUT2D eigenvalue weighted by atomic mass is 19.1. The summed E-state index contributed by atoms with van der Waals surface area (Å²) < 4.78 is 27.1. The van der Waals surface area contributed by atoms with Gasteiger partial charge in [-0.25, -0.2) is 4.39 Å². The number of Topliss-reactive ketones (excluding diaryl/α,β-unsaturated/α-hetero) is 1. The number of hydrogen-bond donors (Lipinski definition) is 0. The molecule has 0 aliphatic heterocycles. The standard InChI is InChI=1S/C15H19FO5/c1-3-20-15(18)7-5-12(17)11-4-6-13(21-9-8-16)14(10-11)19-2/h4,6,10H,3,5,7-9H2,1-2H3. The first kappa shape index (κ1) is 16.9. The average molecular weight is 298 g/mol. The molecule has 0 atom stereocenters. The second kappa shape index (κ2) is 8.94. The molecule has 0 amide bonds. The van der Waals surface area contributed by atoms with E-state index in [9.17, 15) is 14.0 Å². The van der Waals surface area contributed by atoms with Crippen molar-refractivity contribution in [3.05, 3.63) is 23.8 Å². The molecule has 1 rings (SSSR count). The van der Waals surface area contributed by atoms with Gasteiger partial charge in [0.1, 0.15) is 13.3 Å². The van der Waals surface area contributed by atoms with Crippen molar-refractivity contribution in [1.29, 1.82) is 0 Å². The number of benzene rings is 1. The van der Waals surface area contributed by atoms with Crippen molar-refractivity contribution in [3.63, 3.8) is 0 Å². The Balaban J connectivity index is 2.70. The van der Waals surface area contributed by atoms with Crippen molar-refractivity contribution in [3.8, 4) is 11.5 Å². The van der Waals surface area contributed by atoms with Crippen molar-refractivity contribution in [2.45, 2.75) is 19.8 Å². The van der Waals surface area contributed by atoms with Gasteiger partial charge in [-0.15, -0.1) is 0 Å². The summed E-state index contributed by atoms with van der Waals surface area (Å²) in [6.07, 6.45) is 0.0990. The fourth-order valence-corrected chi connectivity index (χ4v) is 1.70. The Hall–Kier alpha value is -2.11. The van der Waals surface area contributed by atoms with Gasteiger partial charge in [0, 0.05) is 12.0 Å². The molecule has 0 aromatic heterocycles. The summed E-state index contributed by atoms with van der Waals surface area (Å²) in [5.74, 6) is 0.127. The fourth-order valence-electron chi connectivity index (χ4n) is 1.70. The Labute approximate surface area is 123 Å². The van der Waals surface area contributed by atoms with Gasteiger partial charge in [-0.05, 0) is 25.1 Å². The van der Waals surface area contributed by atoms with Crippen LogP contribution in [0.3, 0.4) is 0 Å². The molecule has 116 valence electrons. The Morgan fingerprint density at radius 3 is 2.57 bits per heavy atom. The van der Waals surface area contributed by atoms with E-state index in [0.29, 0.717) is 23.7 Å². The van der Waals surface area contributed by atoms with Gasteiger partial charge in [0.25, 0.3) is 0 Å². The number of ketones is 1. The van der Waals surface area contributed by atoms with Crippen LogP contribution in [0.25, 0.3) is 0 Å².